The van der Waals surface area contributed by atoms with Gasteiger partial charge in [-0.1, -0.05) is 25.5 Å². The molecule has 100 valence electrons. The molecule has 1 heterocycles. The molecule has 0 N–H and O–H groups in total. The Balaban J connectivity index is 2.06. The molecule has 0 radical (unpaired) electrons. The van der Waals surface area contributed by atoms with Crippen molar-refractivity contribution < 1.29 is 4.74 Å². The van der Waals surface area contributed by atoms with Crippen molar-refractivity contribution in [1.29, 1.82) is 0 Å². The lowest BCUT2D eigenvalue weighted by Gasteiger charge is -2.08. The summed E-state index contributed by atoms with van der Waals surface area (Å²) in [4.78, 5) is 4.28. The molecular weight excluding hydrogens is 302 g/mol. The van der Waals surface area contributed by atoms with Crippen LogP contribution in [0.1, 0.15) is 30.9 Å². The van der Waals surface area contributed by atoms with E-state index in [1.54, 1.807) is 6.20 Å². The third kappa shape index (κ3) is 4.06. The first kappa shape index (κ1) is 14.1. The molecule has 0 aliphatic carbocycles. The summed E-state index contributed by atoms with van der Waals surface area (Å²) in [7, 11) is 0. The fraction of sp³-hybridized carbons (Fsp3) is 0.312. The zero-order valence-electron chi connectivity index (χ0n) is 11.3. The second-order valence-corrected chi connectivity index (χ2v) is 5.54. The maximum absolute atomic E-state index is 5.79. The molecule has 0 atom stereocenters. The highest BCUT2D eigenvalue weighted by molar-refractivity contribution is 9.10. The van der Waals surface area contributed by atoms with E-state index in [-0.39, 0.29) is 0 Å². The van der Waals surface area contributed by atoms with Crippen LogP contribution in [0.2, 0.25) is 0 Å². The molecule has 3 heteroatoms. The number of hydrogen-bond acceptors (Lipinski definition) is 2. The fourth-order valence-corrected chi connectivity index (χ4v) is 2.30. The van der Waals surface area contributed by atoms with E-state index >= 15 is 0 Å². The molecule has 0 unspecified atom stereocenters. The number of rotatable bonds is 5. The summed E-state index contributed by atoms with van der Waals surface area (Å²) in [6.07, 6.45) is 5.33. The first-order chi connectivity index (χ1) is 9.19. The molecule has 2 rings (SSSR count). The normalized spacial score (nSPS) is 10.5. The quantitative estimate of drug-likeness (QED) is 0.747. The number of pyridine rings is 1. The SMILES string of the molecule is CCCCc1ccc(Oc2ncc(Br)cc2C)cc1. The van der Waals surface area contributed by atoms with Crippen molar-refractivity contribution in [1.82, 2.24) is 4.98 Å². The Morgan fingerprint density at radius 1 is 1.21 bits per heavy atom. The molecule has 0 aliphatic rings. The number of aromatic nitrogens is 1. The van der Waals surface area contributed by atoms with Crippen LogP contribution in [0.25, 0.3) is 0 Å². The van der Waals surface area contributed by atoms with Crippen molar-refractivity contribution in [3.8, 4) is 11.6 Å². The zero-order valence-corrected chi connectivity index (χ0v) is 12.9. The van der Waals surface area contributed by atoms with E-state index in [2.05, 4.69) is 40.0 Å². The van der Waals surface area contributed by atoms with Gasteiger partial charge in [-0.05, 0) is 59.5 Å². The summed E-state index contributed by atoms with van der Waals surface area (Å²) in [6.45, 7) is 4.20. The minimum atomic E-state index is 0.657. The molecule has 1 aromatic heterocycles. The largest absolute Gasteiger partial charge is 0.439 e. The molecule has 0 spiro atoms. The standard InChI is InChI=1S/C16H18BrNO/c1-3-4-5-13-6-8-15(9-7-13)19-16-12(2)10-14(17)11-18-16/h6-11H,3-5H2,1-2H3. The Kier molecular flexibility index (Phi) is 4.97. The monoisotopic (exact) mass is 319 g/mol. The average molecular weight is 320 g/mol. The van der Waals surface area contributed by atoms with Crippen LogP contribution in [0.3, 0.4) is 0 Å². The van der Waals surface area contributed by atoms with Gasteiger partial charge in [0.2, 0.25) is 5.88 Å². The summed E-state index contributed by atoms with van der Waals surface area (Å²) < 4.78 is 6.76. The van der Waals surface area contributed by atoms with Gasteiger partial charge in [-0.3, -0.25) is 0 Å². The predicted octanol–water partition coefficient (Wildman–Crippen LogP) is 5.29. The zero-order chi connectivity index (χ0) is 13.7. The maximum Gasteiger partial charge on any atom is 0.222 e. The molecule has 1 aromatic carbocycles. The Morgan fingerprint density at radius 2 is 1.95 bits per heavy atom. The molecule has 2 nitrogen and oxygen atoms in total. The van der Waals surface area contributed by atoms with Gasteiger partial charge in [0.1, 0.15) is 5.75 Å². The highest BCUT2D eigenvalue weighted by atomic mass is 79.9. The van der Waals surface area contributed by atoms with Gasteiger partial charge in [0.15, 0.2) is 0 Å². The molecule has 0 bridgehead atoms. The first-order valence-electron chi connectivity index (χ1n) is 6.58. The van der Waals surface area contributed by atoms with Crippen LogP contribution in [0.4, 0.5) is 0 Å². The number of benzene rings is 1. The lowest BCUT2D eigenvalue weighted by Crippen LogP contribution is -1.92. The molecule has 0 fully saturated rings. The third-order valence-electron chi connectivity index (χ3n) is 2.95. The second-order valence-electron chi connectivity index (χ2n) is 4.63. The van der Waals surface area contributed by atoms with Gasteiger partial charge >= 0.3 is 0 Å². The number of aryl methyl sites for hydroxylation is 2. The molecule has 0 saturated carbocycles. The van der Waals surface area contributed by atoms with Crippen LogP contribution in [0, 0.1) is 6.92 Å². The van der Waals surface area contributed by atoms with Crippen LogP contribution in [0.15, 0.2) is 41.0 Å². The minimum absolute atomic E-state index is 0.657. The highest BCUT2D eigenvalue weighted by Gasteiger charge is 2.03. The summed E-state index contributed by atoms with van der Waals surface area (Å²) in [5.74, 6) is 1.49. The fourth-order valence-electron chi connectivity index (χ4n) is 1.85. The van der Waals surface area contributed by atoms with Crippen molar-refractivity contribution in [3.63, 3.8) is 0 Å². The van der Waals surface area contributed by atoms with Crippen molar-refractivity contribution in [2.75, 3.05) is 0 Å². The van der Waals surface area contributed by atoms with Gasteiger partial charge in [0.25, 0.3) is 0 Å². The van der Waals surface area contributed by atoms with Crippen molar-refractivity contribution >= 4 is 15.9 Å². The number of halogens is 1. The Bertz CT molecular complexity index is 537. The number of ether oxygens (including phenoxy) is 1. The number of unbranched alkanes of at least 4 members (excludes halogenated alkanes) is 1. The lowest BCUT2D eigenvalue weighted by atomic mass is 10.1. The number of nitrogens with zero attached hydrogens (tertiary/aromatic N) is 1. The summed E-state index contributed by atoms with van der Waals surface area (Å²) in [5.41, 5.74) is 2.37. The topological polar surface area (TPSA) is 22.1 Å². The van der Waals surface area contributed by atoms with Crippen LogP contribution >= 0.6 is 15.9 Å². The van der Waals surface area contributed by atoms with E-state index in [4.69, 9.17) is 4.74 Å². The summed E-state index contributed by atoms with van der Waals surface area (Å²) in [5, 5.41) is 0. The van der Waals surface area contributed by atoms with Crippen LogP contribution in [-0.4, -0.2) is 4.98 Å². The van der Waals surface area contributed by atoms with Crippen molar-refractivity contribution in [2.24, 2.45) is 0 Å². The third-order valence-corrected chi connectivity index (χ3v) is 3.39. The van der Waals surface area contributed by atoms with E-state index in [0.29, 0.717) is 5.88 Å². The molecule has 19 heavy (non-hydrogen) atoms. The van der Waals surface area contributed by atoms with Gasteiger partial charge in [0.05, 0.1) is 0 Å². The first-order valence-corrected chi connectivity index (χ1v) is 7.37. The van der Waals surface area contributed by atoms with Gasteiger partial charge in [-0.25, -0.2) is 4.98 Å². The van der Waals surface area contributed by atoms with Gasteiger partial charge in [0, 0.05) is 16.2 Å². The average Bonchev–Trinajstić information content (AvgIpc) is 2.41. The molecule has 0 amide bonds. The number of hydrogen-bond donors (Lipinski definition) is 0. The van der Waals surface area contributed by atoms with Gasteiger partial charge in [-0.15, -0.1) is 0 Å². The summed E-state index contributed by atoms with van der Waals surface area (Å²) in [6, 6.07) is 10.3. The molecule has 0 saturated heterocycles. The Morgan fingerprint density at radius 3 is 2.58 bits per heavy atom. The molecular formula is C16H18BrNO. The predicted molar refractivity (Wildman–Crippen MR) is 81.8 cm³/mol. The van der Waals surface area contributed by atoms with Gasteiger partial charge < -0.3 is 4.74 Å². The van der Waals surface area contributed by atoms with Crippen LogP contribution in [0.5, 0.6) is 11.6 Å². The second kappa shape index (κ2) is 6.71. The molecule has 2 aromatic rings. The maximum atomic E-state index is 5.79. The van der Waals surface area contributed by atoms with Gasteiger partial charge in [-0.2, -0.15) is 0 Å². The van der Waals surface area contributed by atoms with E-state index in [1.165, 1.54) is 18.4 Å². The Hall–Kier alpha value is -1.35. The Labute approximate surface area is 123 Å². The van der Waals surface area contributed by atoms with E-state index in [9.17, 15) is 0 Å². The van der Waals surface area contributed by atoms with Crippen LogP contribution in [-0.2, 0) is 6.42 Å². The van der Waals surface area contributed by atoms with Crippen LogP contribution < -0.4 is 4.74 Å². The van der Waals surface area contributed by atoms with E-state index in [1.807, 2.05) is 25.1 Å². The smallest absolute Gasteiger partial charge is 0.222 e. The summed E-state index contributed by atoms with van der Waals surface area (Å²) >= 11 is 3.40. The highest BCUT2D eigenvalue weighted by Crippen LogP contribution is 2.25. The van der Waals surface area contributed by atoms with Crippen molar-refractivity contribution in [3.05, 3.63) is 52.1 Å². The van der Waals surface area contributed by atoms with E-state index < -0.39 is 0 Å². The lowest BCUT2D eigenvalue weighted by molar-refractivity contribution is 0.458. The molecule has 0 aliphatic heterocycles. The minimum Gasteiger partial charge on any atom is -0.439 e. The van der Waals surface area contributed by atoms with E-state index in [0.717, 1.165) is 22.2 Å². The van der Waals surface area contributed by atoms with Crippen molar-refractivity contribution in [2.45, 2.75) is 33.1 Å².